The first kappa shape index (κ1) is 25.5. The fraction of sp³-hybridized carbons (Fsp3) is 0.241. The third-order valence-corrected chi connectivity index (χ3v) is 7.46. The average molecular weight is 535 g/mol. The van der Waals surface area contributed by atoms with Crippen molar-refractivity contribution in [3.8, 4) is 16.9 Å². The van der Waals surface area contributed by atoms with Crippen LogP contribution in [0.3, 0.4) is 0 Å². The number of aromatic hydroxyl groups is 1. The van der Waals surface area contributed by atoms with Crippen molar-refractivity contribution < 1.29 is 9.90 Å². The van der Waals surface area contributed by atoms with Gasteiger partial charge in [0.1, 0.15) is 0 Å². The molecule has 190 valence electrons. The zero-order chi connectivity index (χ0) is 25.9. The van der Waals surface area contributed by atoms with Crippen molar-refractivity contribution in [2.45, 2.75) is 6.42 Å². The molecule has 3 aromatic carbocycles. The number of hydrogen-bond acceptors (Lipinski definition) is 6. The molecular weight excluding hydrogens is 507 g/mol. The van der Waals surface area contributed by atoms with Crippen LogP contribution in [0.2, 0.25) is 10.0 Å². The quantitative estimate of drug-likeness (QED) is 0.272. The molecule has 6 nitrogen and oxygen atoms in total. The Kier molecular flexibility index (Phi) is 7.63. The molecule has 1 fully saturated rings. The van der Waals surface area contributed by atoms with E-state index in [0.29, 0.717) is 11.3 Å². The van der Waals surface area contributed by atoms with Crippen LogP contribution in [-0.2, 0) is 6.42 Å². The Hall–Kier alpha value is -3.16. The molecule has 1 aliphatic heterocycles. The maximum Gasteiger partial charge on any atom is 0.153 e. The summed E-state index contributed by atoms with van der Waals surface area (Å²) in [5, 5.41) is 14.6. The third kappa shape index (κ3) is 5.73. The van der Waals surface area contributed by atoms with Crippen molar-refractivity contribution in [3.63, 3.8) is 0 Å². The van der Waals surface area contributed by atoms with E-state index in [9.17, 15) is 9.90 Å². The summed E-state index contributed by atoms with van der Waals surface area (Å²) in [5.74, 6) is -0.146. The SMILES string of the molecule is CN1CCN(CCc2cccc(Nc3c(C=O)cnc4ccc(-c5cc(Cl)c(O)c(Cl)c5)cc34)c2)CC1. The number of anilines is 2. The number of phenolic OH excluding ortho intramolecular Hbond substituents is 1. The molecule has 0 amide bonds. The standard InChI is InChI=1S/C29H28Cl2N4O2/c1-34-9-11-35(12-10-34)8-7-19-3-2-4-23(13-19)33-28-22(18-36)17-32-27-6-5-20(14-24(27)28)21-15-25(30)29(37)26(31)16-21/h2-6,13-18,37H,7-12H2,1H3,(H,32,33). The molecule has 37 heavy (non-hydrogen) atoms. The predicted molar refractivity (Wildman–Crippen MR) is 152 cm³/mol. The number of piperazine rings is 1. The number of phenols is 1. The van der Waals surface area contributed by atoms with Gasteiger partial charge in [-0.2, -0.15) is 0 Å². The van der Waals surface area contributed by atoms with Gasteiger partial charge in [-0.3, -0.25) is 9.78 Å². The Morgan fingerprint density at radius 1 is 1.00 bits per heavy atom. The number of carbonyl (C=O) groups is 1. The molecule has 1 aliphatic rings. The molecule has 0 unspecified atom stereocenters. The summed E-state index contributed by atoms with van der Waals surface area (Å²) in [4.78, 5) is 21.3. The zero-order valence-corrected chi connectivity index (χ0v) is 22.1. The number of likely N-dealkylation sites (N-methyl/N-ethyl adjacent to an activating group) is 1. The molecule has 8 heteroatoms. The molecule has 1 saturated heterocycles. The van der Waals surface area contributed by atoms with Gasteiger partial charge >= 0.3 is 0 Å². The van der Waals surface area contributed by atoms with E-state index in [1.165, 1.54) is 5.56 Å². The van der Waals surface area contributed by atoms with Crippen molar-refractivity contribution in [3.05, 3.63) is 82.0 Å². The molecule has 0 aliphatic carbocycles. The van der Waals surface area contributed by atoms with E-state index in [-0.39, 0.29) is 15.8 Å². The topological polar surface area (TPSA) is 68.7 Å². The summed E-state index contributed by atoms with van der Waals surface area (Å²) in [6.07, 6.45) is 3.36. The normalized spacial score (nSPS) is 14.7. The molecule has 0 radical (unpaired) electrons. The number of benzene rings is 3. The summed E-state index contributed by atoms with van der Waals surface area (Å²) in [5.41, 5.74) is 5.65. The number of rotatable bonds is 7. The number of hydrogen-bond donors (Lipinski definition) is 2. The van der Waals surface area contributed by atoms with Gasteiger partial charge in [0, 0.05) is 50.0 Å². The summed E-state index contributed by atoms with van der Waals surface area (Å²) in [6, 6.07) is 17.4. The molecular formula is C29H28Cl2N4O2. The summed E-state index contributed by atoms with van der Waals surface area (Å²) < 4.78 is 0. The number of aldehydes is 1. The Labute approximate surface area is 226 Å². The zero-order valence-electron chi connectivity index (χ0n) is 20.5. The van der Waals surface area contributed by atoms with Crippen LogP contribution in [0.1, 0.15) is 15.9 Å². The first-order chi connectivity index (χ1) is 17.9. The van der Waals surface area contributed by atoms with Crippen molar-refractivity contribution in [1.82, 2.24) is 14.8 Å². The second-order valence-electron chi connectivity index (χ2n) is 9.45. The number of nitrogens with zero attached hydrogens (tertiary/aromatic N) is 3. The molecule has 5 rings (SSSR count). The van der Waals surface area contributed by atoms with E-state index in [4.69, 9.17) is 23.2 Å². The van der Waals surface area contributed by atoms with Crippen molar-refractivity contribution in [2.24, 2.45) is 0 Å². The fourth-order valence-electron chi connectivity index (χ4n) is 4.66. The minimum atomic E-state index is -0.146. The Morgan fingerprint density at radius 3 is 2.49 bits per heavy atom. The number of halogens is 2. The lowest BCUT2D eigenvalue weighted by molar-refractivity contribution is 0.112. The van der Waals surface area contributed by atoms with Crippen molar-refractivity contribution >= 4 is 51.8 Å². The molecule has 2 N–H and O–H groups in total. The highest BCUT2D eigenvalue weighted by Crippen LogP contribution is 2.38. The number of aromatic nitrogens is 1. The molecule has 0 bridgehead atoms. The minimum Gasteiger partial charge on any atom is -0.505 e. The van der Waals surface area contributed by atoms with Crippen molar-refractivity contribution in [1.29, 1.82) is 0 Å². The number of fused-ring (bicyclic) bond motifs is 1. The van der Waals surface area contributed by atoms with Crippen LogP contribution in [0, 0.1) is 0 Å². The highest BCUT2D eigenvalue weighted by atomic mass is 35.5. The number of pyridine rings is 1. The van der Waals surface area contributed by atoms with Gasteiger partial charge in [0.15, 0.2) is 12.0 Å². The van der Waals surface area contributed by atoms with Gasteiger partial charge in [-0.25, -0.2) is 0 Å². The maximum absolute atomic E-state index is 12.0. The predicted octanol–water partition coefficient (Wildman–Crippen LogP) is 6.26. The van der Waals surface area contributed by atoms with Crippen LogP contribution in [0.5, 0.6) is 5.75 Å². The molecule has 0 saturated carbocycles. The van der Waals surface area contributed by atoms with E-state index in [1.54, 1.807) is 18.3 Å². The van der Waals surface area contributed by atoms with E-state index < -0.39 is 0 Å². The van der Waals surface area contributed by atoms with Crippen LogP contribution >= 0.6 is 23.2 Å². The fourth-order valence-corrected chi connectivity index (χ4v) is 5.14. The van der Waals surface area contributed by atoms with Gasteiger partial charge in [0.25, 0.3) is 0 Å². The van der Waals surface area contributed by atoms with Crippen LogP contribution in [0.25, 0.3) is 22.0 Å². The second-order valence-corrected chi connectivity index (χ2v) is 10.3. The summed E-state index contributed by atoms with van der Waals surface area (Å²) in [6.45, 7) is 5.43. The Morgan fingerprint density at radius 2 is 1.76 bits per heavy atom. The van der Waals surface area contributed by atoms with E-state index in [1.807, 2.05) is 30.3 Å². The smallest absolute Gasteiger partial charge is 0.153 e. The lowest BCUT2D eigenvalue weighted by Gasteiger charge is -2.32. The summed E-state index contributed by atoms with van der Waals surface area (Å²) >= 11 is 12.3. The third-order valence-electron chi connectivity index (χ3n) is 6.88. The highest BCUT2D eigenvalue weighted by Gasteiger charge is 2.15. The van der Waals surface area contributed by atoms with Gasteiger partial charge in [0.2, 0.25) is 0 Å². The van der Waals surface area contributed by atoms with E-state index in [2.05, 4.69) is 39.3 Å². The monoisotopic (exact) mass is 534 g/mol. The van der Waals surface area contributed by atoms with Crippen LogP contribution < -0.4 is 5.32 Å². The molecule has 1 aromatic heterocycles. The number of carbonyl (C=O) groups excluding carboxylic acids is 1. The Balaban J connectivity index is 1.44. The van der Waals surface area contributed by atoms with Gasteiger partial charge in [-0.05, 0) is 66.6 Å². The van der Waals surface area contributed by atoms with Gasteiger partial charge in [0.05, 0.1) is 26.8 Å². The first-order valence-corrected chi connectivity index (χ1v) is 13.0. The molecule has 4 aromatic rings. The second kappa shape index (κ2) is 11.1. The number of nitrogens with one attached hydrogen (secondary N) is 1. The lowest BCUT2D eigenvalue weighted by atomic mass is 10.0. The minimum absolute atomic E-state index is 0.146. The summed E-state index contributed by atoms with van der Waals surface area (Å²) in [7, 11) is 2.17. The molecule has 2 heterocycles. The van der Waals surface area contributed by atoms with E-state index >= 15 is 0 Å². The van der Waals surface area contributed by atoms with Crippen LogP contribution in [0.4, 0.5) is 11.4 Å². The van der Waals surface area contributed by atoms with Crippen LogP contribution in [-0.4, -0.2) is 65.9 Å². The average Bonchev–Trinajstić information content (AvgIpc) is 2.91. The largest absolute Gasteiger partial charge is 0.505 e. The maximum atomic E-state index is 12.0. The van der Waals surface area contributed by atoms with Crippen LogP contribution in [0.15, 0.2) is 60.8 Å². The van der Waals surface area contributed by atoms with Gasteiger partial charge < -0.3 is 20.2 Å². The highest BCUT2D eigenvalue weighted by molar-refractivity contribution is 6.37. The van der Waals surface area contributed by atoms with Crippen molar-refractivity contribution in [2.75, 3.05) is 45.1 Å². The lowest BCUT2D eigenvalue weighted by Crippen LogP contribution is -2.45. The van der Waals surface area contributed by atoms with Gasteiger partial charge in [-0.1, -0.05) is 41.4 Å². The first-order valence-electron chi connectivity index (χ1n) is 12.2. The molecule has 0 spiro atoms. The molecule has 0 atom stereocenters. The van der Waals surface area contributed by atoms with E-state index in [0.717, 1.165) is 73.1 Å². The van der Waals surface area contributed by atoms with Gasteiger partial charge in [-0.15, -0.1) is 0 Å². The Bertz CT molecular complexity index is 1430.